The van der Waals surface area contributed by atoms with E-state index in [4.69, 9.17) is 0 Å². The normalized spacial score (nSPS) is 36.2. The Morgan fingerprint density at radius 2 is 1.85 bits per heavy atom. The summed E-state index contributed by atoms with van der Waals surface area (Å²) in [6, 6.07) is 9.78. The van der Waals surface area contributed by atoms with E-state index in [1.54, 1.807) is 0 Å². The Morgan fingerprint density at radius 3 is 2.40 bits per heavy atom. The van der Waals surface area contributed by atoms with Crippen LogP contribution >= 0.6 is 15.9 Å². The fourth-order valence-corrected chi connectivity index (χ4v) is 5.08. The Labute approximate surface area is 131 Å². The van der Waals surface area contributed by atoms with E-state index in [0.717, 1.165) is 10.4 Å². The molecule has 2 bridgehead atoms. The van der Waals surface area contributed by atoms with Crippen molar-refractivity contribution < 1.29 is 0 Å². The van der Waals surface area contributed by atoms with Crippen LogP contribution in [0.15, 0.2) is 28.7 Å². The molecule has 0 spiro atoms. The molecule has 110 valence electrons. The summed E-state index contributed by atoms with van der Waals surface area (Å²) in [5.74, 6) is 0.905. The van der Waals surface area contributed by atoms with Gasteiger partial charge in [0.05, 0.1) is 0 Å². The van der Waals surface area contributed by atoms with Gasteiger partial charge in [-0.05, 0) is 60.6 Å². The first kappa shape index (κ1) is 14.6. The molecular weight excluding hydrogens is 310 g/mol. The van der Waals surface area contributed by atoms with Crippen LogP contribution in [0, 0.1) is 16.7 Å². The molecule has 1 aromatic rings. The van der Waals surface area contributed by atoms with Gasteiger partial charge in [0.2, 0.25) is 0 Å². The van der Waals surface area contributed by atoms with Crippen LogP contribution in [0.2, 0.25) is 0 Å². The molecule has 2 aliphatic rings. The molecular formula is C18H26BrN. The molecule has 0 saturated heterocycles. The van der Waals surface area contributed by atoms with Gasteiger partial charge in [-0.25, -0.2) is 0 Å². The van der Waals surface area contributed by atoms with Crippen LogP contribution < -0.4 is 5.32 Å². The second-order valence-corrected chi connectivity index (χ2v) is 8.70. The van der Waals surface area contributed by atoms with Gasteiger partial charge in [-0.2, -0.15) is 0 Å². The molecule has 0 radical (unpaired) electrons. The number of nitrogens with one attached hydrogen (secondary N) is 1. The molecule has 2 aliphatic carbocycles. The summed E-state index contributed by atoms with van der Waals surface area (Å²) in [6.07, 6.45) is 4.23. The van der Waals surface area contributed by atoms with Gasteiger partial charge in [0.1, 0.15) is 0 Å². The molecule has 1 aromatic carbocycles. The molecule has 1 nitrogen and oxygen atoms in total. The molecule has 3 rings (SSSR count). The summed E-state index contributed by atoms with van der Waals surface area (Å²) in [7, 11) is 0. The fourth-order valence-electron chi connectivity index (χ4n) is 4.82. The molecule has 0 aliphatic heterocycles. The lowest BCUT2D eigenvalue weighted by atomic mass is 9.68. The highest BCUT2D eigenvalue weighted by molar-refractivity contribution is 9.10. The second-order valence-electron chi connectivity index (χ2n) is 7.79. The molecule has 4 atom stereocenters. The minimum absolute atomic E-state index is 0.420. The molecule has 2 fully saturated rings. The second kappa shape index (κ2) is 4.84. The van der Waals surface area contributed by atoms with Gasteiger partial charge in [0, 0.05) is 16.6 Å². The van der Waals surface area contributed by atoms with Crippen molar-refractivity contribution in [2.45, 2.75) is 59.0 Å². The van der Waals surface area contributed by atoms with E-state index in [-0.39, 0.29) is 0 Å². The Morgan fingerprint density at radius 1 is 1.20 bits per heavy atom. The Bertz CT molecular complexity index is 488. The SMILES string of the molecule is C[C@@H](NC1C(C)(C)[C@H]2CC[C@]1(C)C2)c1ccc(Br)cc1. The average molecular weight is 336 g/mol. The summed E-state index contributed by atoms with van der Waals surface area (Å²) in [4.78, 5) is 0. The van der Waals surface area contributed by atoms with Crippen LogP contribution in [-0.4, -0.2) is 6.04 Å². The summed E-state index contributed by atoms with van der Waals surface area (Å²) >= 11 is 3.52. The lowest BCUT2D eigenvalue weighted by Gasteiger charge is -2.44. The highest BCUT2D eigenvalue weighted by Crippen LogP contribution is 2.62. The monoisotopic (exact) mass is 335 g/mol. The third kappa shape index (κ3) is 2.25. The highest BCUT2D eigenvalue weighted by Gasteiger charge is 2.59. The van der Waals surface area contributed by atoms with E-state index in [2.05, 4.69) is 73.2 Å². The lowest BCUT2D eigenvalue weighted by Crippen LogP contribution is -2.50. The van der Waals surface area contributed by atoms with Crippen molar-refractivity contribution in [3.05, 3.63) is 34.3 Å². The maximum atomic E-state index is 3.96. The van der Waals surface area contributed by atoms with Crippen molar-refractivity contribution in [3.8, 4) is 0 Å². The van der Waals surface area contributed by atoms with Crippen LogP contribution in [0.3, 0.4) is 0 Å². The number of rotatable bonds is 3. The van der Waals surface area contributed by atoms with E-state index in [0.29, 0.717) is 22.9 Å². The zero-order chi connectivity index (χ0) is 14.5. The van der Waals surface area contributed by atoms with Crippen LogP contribution in [0.5, 0.6) is 0 Å². The van der Waals surface area contributed by atoms with Crippen molar-refractivity contribution in [2.75, 3.05) is 0 Å². The van der Waals surface area contributed by atoms with E-state index >= 15 is 0 Å². The van der Waals surface area contributed by atoms with Gasteiger partial charge in [-0.1, -0.05) is 48.8 Å². The van der Waals surface area contributed by atoms with Gasteiger partial charge in [-0.15, -0.1) is 0 Å². The minimum atomic E-state index is 0.420. The molecule has 0 aromatic heterocycles. The Hall–Kier alpha value is -0.340. The van der Waals surface area contributed by atoms with Crippen LogP contribution in [-0.2, 0) is 0 Å². The molecule has 2 saturated carbocycles. The first-order valence-electron chi connectivity index (χ1n) is 7.84. The fraction of sp³-hybridized carbons (Fsp3) is 0.667. The third-order valence-corrected chi connectivity index (χ3v) is 6.59. The number of benzene rings is 1. The Balaban J connectivity index is 1.78. The number of fused-ring (bicyclic) bond motifs is 2. The van der Waals surface area contributed by atoms with Gasteiger partial charge in [-0.3, -0.25) is 0 Å². The molecule has 2 heteroatoms. The first-order chi connectivity index (χ1) is 9.33. The maximum Gasteiger partial charge on any atom is 0.0294 e. The minimum Gasteiger partial charge on any atom is -0.306 e. The zero-order valence-corrected chi connectivity index (χ0v) is 14.6. The van der Waals surface area contributed by atoms with Gasteiger partial charge in [0.25, 0.3) is 0 Å². The van der Waals surface area contributed by atoms with Gasteiger partial charge >= 0.3 is 0 Å². The highest BCUT2D eigenvalue weighted by atomic mass is 79.9. The zero-order valence-electron chi connectivity index (χ0n) is 13.0. The van der Waals surface area contributed by atoms with E-state index in [1.807, 2.05) is 0 Å². The summed E-state index contributed by atoms with van der Waals surface area (Å²) in [5.41, 5.74) is 2.31. The predicted molar refractivity (Wildman–Crippen MR) is 88.7 cm³/mol. The first-order valence-corrected chi connectivity index (χ1v) is 8.64. The third-order valence-electron chi connectivity index (χ3n) is 6.06. The summed E-state index contributed by atoms with van der Waals surface area (Å²) in [6.45, 7) is 9.73. The smallest absolute Gasteiger partial charge is 0.0294 e. The topological polar surface area (TPSA) is 12.0 Å². The predicted octanol–water partition coefficient (Wildman–Crippen LogP) is 5.31. The molecule has 0 heterocycles. The summed E-state index contributed by atoms with van der Waals surface area (Å²) < 4.78 is 1.15. The van der Waals surface area contributed by atoms with E-state index in [9.17, 15) is 0 Å². The van der Waals surface area contributed by atoms with Crippen LogP contribution in [0.1, 0.15) is 58.6 Å². The Kier molecular flexibility index (Phi) is 3.53. The maximum absolute atomic E-state index is 3.96. The van der Waals surface area contributed by atoms with Crippen molar-refractivity contribution >= 4 is 15.9 Å². The molecule has 20 heavy (non-hydrogen) atoms. The van der Waals surface area contributed by atoms with E-state index < -0.39 is 0 Å². The van der Waals surface area contributed by atoms with Crippen LogP contribution in [0.25, 0.3) is 0 Å². The van der Waals surface area contributed by atoms with Crippen molar-refractivity contribution in [2.24, 2.45) is 16.7 Å². The van der Waals surface area contributed by atoms with Crippen molar-refractivity contribution in [1.82, 2.24) is 5.32 Å². The standard InChI is InChI=1S/C18H26BrN/c1-12(13-5-7-15(19)8-6-13)20-16-17(2,3)14-9-10-18(16,4)11-14/h5-8,12,14,16,20H,9-11H2,1-4H3/t12-,14+,16?,18-/m1/s1. The number of halogens is 1. The summed E-state index contributed by atoms with van der Waals surface area (Å²) in [5, 5.41) is 3.96. The largest absolute Gasteiger partial charge is 0.306 e. The van der Waals surface area contributed by atoms with Crippen LogP contribution in [0.4, 0.5) is 0 Å². The van der Waals surface area contributed by atoms with E-state index in [1.165, 1.54) is 24.8 Å². The quantitative estimate of drug-likeness (QED) is 0.788. The van der Waals surface area contributed by atoms with Crippen molar-refractivity contribution in [1.29, 1.82) is 0 Å². The number of hydrogen-bond donors (Lipinski definition) is 1. The average Bonchev–Trinajstić information content (AvgIpc) is 2.86. The molecule has 0 amide bonds. The lowest BCUT2D eigenvalue weighted by molar-refractivity contribution is 0.100. The van der Waals surface area contributed by atoms with Crippen molar-refractivity contribution in [3.63, 3.8) is 0 Å². The number of hydrogen-bond acceptors (Lipinski definition) is 1. The molecule has 1 N–H and O–H groups in total. The van der Waals surface area contributed by atoms with Gasteiger partial charge < -0.3 is 5.32 Å². The van der Waals surface area contributed by atoms with Gasteiger partial charge in [0.15, 0.2) is 0 Å². The molecule has 1 unspecified atom stereocenters.